The van der Waals surface area contributed by atoms with E-state index in [9.17, 15) is 5.11 Å². The van der Waals surface area contributed by atoms with Crippen LogP contribution in [0.2, 0.25) is 0 Å². The van der Waals surface area contributed by atoms with Crippen LogP contribution in [0.4, 0.5) is 5.69 Å². The minimum Gasteiger partial charge on any atom is -0.396 e. The Morgan fingerprint density at radius 2 is 2.14 bits per heavy atom. The number of nitrogens with zero attached hydrogens (tertiary/aromatic N) is 3. The fourth-order valence-electron chi connectivity index (χ4n) is 3.07. The molecule has 2 aromatic rings. The Kier molecular flexibility index (Phi) is 4.15. The number of anilines is 1. The van der Waals surface area contributed by atoms with E-state index in [2.05, 4.69) is 39.1 Å². The van der Waals surface area contributed by atoms with E-state index in [4.69, 9.17) is 0 Å². The maximum atomic E-state index is 9.34. The van der Waals surface area contributed by atoms with Gasteiger partial charge in [0.2, 0.25) is 0 Å². The Bertz CT molecular complexity index is 614. The summed E-state index contributed by atoms with van der Waals surface area (Å²) in [5.41, 5.74) is 3.62. The fraction of sp³-hybridized carbons (Fsp3) is 0.412. The zero-order valence-corrected chi connectivity index (χ0v) is 12.4. The monoisotopic (exact) mass is 283 g/mol. The molecule has 1 aromatic carbocycles. The zero-order valence-electron chi connectivity index (χ0n) is 12.4. The van der Waals surface area contributed by atoms with Gasteiger partial charge in [-0.1, -0.05) is 18.2 Å². The second kappa shape index (κ2) is 6.22. The van der Waals surface area contributed by atoms with Gasteiger partial charge in [0.1, 0.15) is 5.82 Å². The minimum absolute atomic E-state index is 0.220. The van der Waals surface area contributed by atoms with Crippen molar-refractivity contribution in [1.82, 2.24) is 9.97 Å². The van der Waals surface area contributed by atoms with E-state index in [0.29, 0.717) is 12.6 Å². The van der Waals surface area contributed by atoms with Gasteiger partial charge in [0.05, 0.1) is 6.54 Å². The number of para-hydroxylation sites is 1. The molecule has 1 atom stereocenters. The van der Waals surface area contributed by atoms with Crippen molar-refractivity contribution in [2.24, 2.45) is 0 Å². The zero-order chi connectivity index (χ0) is 14.7. The number of aromatic nitrogens is 2. The summed E-state index contributed by atoms with van der Waals surface area (Å²) in [5.74, 6) is 0.842. The van der Waals surface area contributed by atoms with Crippen LogP contribution in [0.1, 0.15) is 29.9 Å². The highest BCUT2D eigenvalue weighted by atomic mass is 16.3. The third-order valence-electron chi connectivity index (χ3n) is 4.11. The van der Waals surface area contributed by atoms with Crippen LogP contribution in [-0.4, -0.2) is 27.7 Å². The number of rotatable bonds is 4. The van der Waals surface area contributed by atoms with Crippen LogP contribution >= 0.6 is 0 Å². The number of hydrogen-bond donors (Lipinski definition) is 1. The number of aliphatic hydroxyl groups is 1. The molecule has 0 fully saturated rings. The first kappa shape index (κ1) is 14.0. The largest absolute Gasteiger partial charge is 0.396 e. The Balaban J connectivity index is 1.91. The quantitative estimate of drug-likeness (QED) is 0.936. The minimum atomic E-state index is 0.220. The Hall–Kier alpha value is -1.94. The molecule has 1 aromatic heterocycles. The van der Waals surface area contributed by atoms with E-state index < -0.39 is 0 Å². The molecule has 0 bridgehead atoms. The van der Waals surface area contributed by atoms with Crippen molar-refractivity contribution in [3.05, 3.63) is 53.6 Å². The first-order valence-corrected chi connectivity index (χ1v) is 7.52. The number of aliphatic hydroxyl groups excluding tert-OH is 1. The van der Waals surface area contributed by atoms with Crippen LogP contribution in [0.5, 0.6) is 0 Å². The molecular formula is C17H21N3O. The third kappa shape index (κ3) is 3.05. The number of benzene rings is 1. The number of aryl methyl sites for hydroxylation is 2. The Morgan fingerprint density at radius 3 is 2.95 bits per heavy atom. The van der Waals surface area contributed by atoms with Crippen LogP contribution in [0.15, 0.2) is 36.5 Å². The maximum Gasteiger partial charge on any atom is 0.147 e. The summed E-state index contributed by atoms with van der Waals surface area (Å²) in [6, 6.07) is 10.8. The molecule has 110 valence electrons. The molecule has 0 spiro atoms. The van der Waals surface area contributed by atoms with Crippen molar-refractivity contribution < 1.29 is 5.11 Å². The van der Waals surface area contributed by atoms with E-state index >= 15 is 0 Å². The highest BCUT2D eigenvalue weighted by molar-refractivity contribution is 5.56. The van der Waals surface area contributed by atoms with Crippen LogP contribution < -0.4 is 4.90 Å². The standard InChI is InChI=1S/C17H21N3O/c1-13-8-10-18-17(19-13)12-20-15(9-11-21)7-6-14-4-2-3-5-16(14)20/h2-5,8,10,15,21H,6-7,9,11-12H2,1H3. The predicted molar refractivity (Wildman–Crippen MR) is 83.2 cm³/mol. The van der Waals surface area contributed by atoms with Gasteiger partial charge in [-0.15, -0.1) is 0 Å². The van der Waals surface area contributed by atoms with E-state index in [1.54, 1.807) is 0 Å². The second-order valence-electron chi connectivity index (χ2n) is 5.58. The average Bonchev–Trinajstić information content (AvgIpc) is 2.50. The molecule has 3 rings (SSSR count). The highest BCUT2D eigenvalue weighted by Gasteiger charge is 2.26. The van der Waals surface area contributed by atoms with Crippen LogP contribution in [-0.2, 0) is 13.0 Å². The first-order chi connectivity index (χ1) is 10.3. The number of hydrogen-bond acceptors (Lipinski definition) is 4. The summed E-state index contributed by atoms with van der Waals surface area (Å²) in [7, 11) is 0. The lowest BCUT2D eigenvalue weighted by Crippen LogP contribution is -2.40. The summed E-state index contributed by atoms with van der Waals surface area (Å²) in [5, 5.41) is 9.34. The van der Waals surface area contributed by atoms with Crippen LogP contribution in [0, 0.1) is 6.92 Å². The van der Waals surface area contributed by atoms with Gasteiger partial charge in [-0.05, 0) is 43.9 Å². The predicted octanol–water partition coefficient (Wildman–Crippen LogP) is 2.49. The molecule has 4 nitrogen and oxygen atoms in total. The molecular weight excluding hydrogens is 262 g/mol. The van der Waals surface area contributed by atoms with E-state index in [1.807, 2.05) is 19.2 Å². The van der Waals surface area contributed by atoms with Gasteiger partial charge < -0.3 is 10.0 Å². The van der Waals surface area contributed by atoms with Gasteiger partial charge in [-0.25, -0.2) is 9.97 Å². The van der Waals surface area contributed by atoms with Crippen molar-refractivity contribution in [2.45, 2.75) is 38.8 Å². The van der Waals surface area contributed by atoms with Gasteiger partial charge in [-0.3, -0.25) is 0 Å². The normalized spacial score (nSPS) is 17.6. The van der Waals surface area contributed by atoms with Gasteiger partial charge in [0.25, 0.3) is 0 Å². The maximum absolute atomic E-state index is 9.34. The summed E-state index contributed by atoms with van der Waals surface area (Å²) in [6.45, 7) is 2.90. The van der Waals surface area contributed by atoms with Crippen LogP contribution in [0.3, 0.4) is 0 Å². The summed E-state index contributed by atoms with van der Waals surface area (Å²) in [4.78, 5) is 11.3. The molecule has 0 radical (unpaired) electrons. The lowest BCUT2D eigenvalue weighted by molar-refractivity contribution is 0.267. The SMILES string of the molecule is Cc1ccnc(CN2c3ccccc3CCC2CCO)n1. The van der Waals surface area contributed by atoms with Crippen molar-refractivity contribution >= 4 is 5.69 Å². The van der Waals surface area contributed by atoms with E-state index in [0.717, 1.165) is 30.8 Å². The Morgan fingerprint density at radius 1 is 1.29 bits per heavy atom. The molecule has 2 heterocycles. The third-order valence-corrected chi connectivity index (χ3v) is 4.11. The topological polar surface area (TPSA) is 49.2 Å². The van der Waals surface area contributed by atoms with Crippen LogP contribution in [0.25, 0.3) is 0 Å². The van der Waals surface area contributed by atoms with Gasteiger partial charge >= 0.3 is 0 Å². The fourth-order valence-corrected chi connectivity index (χ4v) is 3.07. The molecule has 1 N–H and O–H groups in total. The van der Waals surface area contributed by atoms with Crippen molar-refractivity contribution in [3.8, 4) is 0 Å². The first-order valence-electron chi connectivity index (χ1n) is 7.52. The molecule has 1 aliphatic rings. The van der Waals surface area contributed by atoms with E-state index in [1.165, 1.54) is 11.3 Å². The second-order valence-corrected chi connectivity index (χ2v) is 5.58. The molecule has 0 aliphatic carbocycles. The summed E-state index contributed by atoms with van der Waals surface area (Å²) >= 11 is 0. The summed E-state index contributed by atoms with van der Waals surface area (Å²) < 4.78 is 0. The molecule has 0 saturated heterocycles. The van der Waals surface area contributed by atoms with Crippen molar-refractivity contribution in [3.63, 3.8) is 0 Å². The van der Waals surface area contributed by atoms with Gasteiger partial charge in [-0.2, -0.15) is 0 Å². The van der Waals surface area contributed by atoms with Crippen molar-refractivity contribution in [1.29, 1.82) is 0 Å². The van der Waals surface area contributed by atoms with E-state index in [-0.39, 0.29) is 6.61 Å². The molecule has 1 aliphatic heterocycles. The number of fused-ring (bicyclic) bond motifs is 1. The molecule has 4 heteroatoms. The van der Waals surface area contributed by atoms with Gasteiger partial charge in [0.15, 0.2) is 0 Å². The van der Waals surface area contributed by atoms with Gasteiger partial charge in [0, 0.05) is 30.2 Å². The smallest absolute Gasteiger partial charge is 0.147 e. The average molecular weight is 283 g/mol. The lowest BCUT2D eigenvalue weighted by atomic mass is 9.94. The lowest BCUT2D eigenvalue weighted by Gasteiger charge is -2.38. The molecule has 0 amide bonds. The molecule has 1 unspecified atom stereocenters. The Labute approximate surface area is 125 Å². The highest BCUT2D eigenvalue weighted by Crippen LogP contribution is 2.32. The van der Waals surface area contributed by atoms with Crippen molar-refractivity contribution in [2.75, 3.05) is 11.5 Å². The summed E-state index contributed by atoms with van der Waals surface area (Å²) in [6.07, 6.45) is 4.75. The molecule has 0 saturated carbocycles. The molecule has 21 heavy (non-hydrogen) atoms.